The zero-order chi connectivity index (χ0) is 15.4. The van der Waals surface area contributed by atoms with E-state index in [0.717, 1.165) is 18.9 Å². The standard InChI is InChI=1S/C14H19N5O3.2ClH/c20-13-9-19(5-3-16-13)12-2-1-10(7-17-12)18-14(21)11-8-15-4-6-22-11;;/h1-2,7,11,15H,3-6,8-9H2,(H,16,20)(H,18,21);2*1H. The summed E-state index contributed by atoms with van der Waals surface area (Å²) in [5, 5.41) is 8.67. The fourth-order valence-electron chi connectivity index (χ4n) is 2.44. The molecule has 0 bridgehead atoms. The molecule has 2 aliphatic heterocycles. The van der Waals surface area contributed by atoms with Gasteiger partial charge in [-0.1, -0.05) is 0 Å². The number of amides is 2. The summed E-state index contributed by atoms with van der Waals surface area (Å²) in [5.41, 5.74) is 0.615. The van der Waals surface area contributed by atoms with Gasteiger partial charge in [0, 0.05) is 26.2 Å². The van der Waals surface area contributed by atoms with Crippen molar-refractivity contribution in [3.05, 3.63) is 18.3 Å². The molecule has 1 atom stereocenters. The number of carbonyl (C=O) groups is 2. The Bertz CT molecular complexity index is 552. The lowest BCUT2D eigenvalue weighted by Crippen LogP contribution is -2.48. The number of nitrogens with one attached hydrogen (secondary N) is 3. The molecule has 0 saturated carbocycles. The number of hydrogen-bond donors (Lipinski definition) is 3. The van der Waals surface area contributed by atoms with E-state index in [0.29, 0.717) is 31.9 Å². The SMILES string of the molecule is Cl.Cl.O=C1CN(c2ccc(NC(=O)C3CNCCO3)cn2)CCN1. The molecule has 1 aromatic heterocycles. The first-order valence-electron chi connectivity index (χ1n) is 7.33. The predicted molar refractivity (Wildman–Crippen MR) is 95.2 cm³/mol. The van der Waals surface area contributed by atoms with Crippen LogP contribution in [0.5, 0.6) is 0 Å². The van der Waals surface area contributed by atoms with Gasteiger partial charge in [-0.05, 0) is 12.1 Å². The van der Waals surface area contributed by atoms with E-state index in [1.165, 1.54) is 0 Å². The predicted octanol–water partition coefficient (Wildman–Crippen LogP) is -0.212. The number of hydrogen-bond acceptors (Lipinski definition) is 6. The Labute approximate surface area is 152 Å². The number of morpholine rings is 1. The number of carbonyl (C=O) groups excluding carboxylic acids is 2. The Morgan fingerprint density at radius 1 is 1.33 bits per heavy atom. The van der Waals surface area contributed by atoms with E-state index in [2.05, 4.69) is 20.9 Å². The Hall–Kier alpha value is -1.61. The van der Waals surface area contributed by atoms with Crippen molar-refractivity contribution in [3.8, 4) is 0 Å². The summed E-state index contributed by atoms with van der Waals surface area (Å²) >= 11 is 0. The van der Waals surface area contributed by atoms with Gasteiger partial charge in [-0.15, -0.1) is 24.8 Å². The lowest BCUT2D eigenvalue weighted by molar-refractivity contribution is -0.128. The van der Waals surface area contributed by atoms with E-state index < -0.39 is 6.10 Å². The van der Waals surface area contributed by atoms with Gasteiger partial charge in [0.15, 0.2) is 0 Å². The third-order valence-corrected chi connectivity index (χ3v) is 3.60. The van der Waals surface area contributed by atoms with Crippen LogP contribution in [0, 0.1) is 0 Å². The molecule has 1 unspecified atom stereocenters. The van der Waals surface area contributed by atoms with Gasteiger partial charge < -0.3 is 25.6 Å². The maximum Gasteiger partial charge on any atom is 0.254 e. The zero-order valence-corrected chi connectivity index (χ0v) is 14.6. The molecule has 0 radical (unpaired) electrons. The van der Waals surface area contributed by atoms with Crippen LogP contribution in [0.3, 0.4) is 0 Å². The van der Waals surface area contributed by atoms with E-state index in [9.17, 15) is 9.59 Å². The topological polar surface area (TPSA) is 95.6 Å². The van der Waals surface area contributed by atoms with Crippen LogP contribution in [0.1, 0.15) is 0 Å². The lowest BCUT2D eigenvalue weighted by atomic mass is 10.2. The van der Waals surface area contributed by atoms with Gasteiger partial charge >= 0.3 is 0 Å². The molecule has 0 spiro atoms. The summed E-state index contributed by atoms with van der Waals surface area (Å²) in [4.78, 5) is 29.6. The fourth-order valence-corrected chi connectivity index (χ4v) is 2.44. The second-order valence-corrected chi connectivity index (χ2v) is 5.23. The molecule has 8 nitrogen and oxygen atoms in total. The average Bonchev–Trinajstić information content (AvgIpc) is 2.56. The quantitative estimate of drug-likeness (QED) is 0.674. The molecule has 3 N–H and O–H groups in total. The lowest BCUT2D eigenvalue weighted by Gasteiger charge is -2.27. The van der Waals surface area contributed by atoms with Crippen LogP contribution < -0.4 is 20.9 Å². The number of aromatic nitrogens is 1. The van der Waals surface area contributed by atoms with Crippen molar-refractivity contribution in [1.29, 1.82) is 0 Å². The highest BCUT2D eigenvalue weighted by molar-refractivity contribution is 5.94. The maximum atomic E-state index is 12.0. The minimum atomic E-state index is -0.473. The van der Waals surface area contributed by atoms with E-state index >= 15 is 0 Å². The summed E-state index contributed by atoms with van der Waals surface area (Å²) in [6.45, 7) is 3.47. The first kappa shape index (κ1) is 20.4. The van der Waals surface area contributed by atoms with Gasteiger partial charge in [-0.2, -0.15) is 0 Å². The number of rotatable bonds is 3. The molecule has 2 fully saturated rings. The van der Waals surface area contributed by atoms with Crippen LogP contribution in [0.4, 0.5) is 11.5 Å². The molecule has 1 aromatic rings. The number of ether oxygens (including phenoxy) is 1. The Morgan fingerprint density at radius 3 is 2.79 bits per heavy atom. The first-order chi connectivity index (χ1) is 10.7. The van der Waals surface area contributed by atoms with Crippen LogP contribution >= 0.6 is 24.8 Å². The normalized spacial score (nSPS) is 20.2. The van der Waals surface area contributed by atoms with Gasteiger partial charge in [0.1, 0.15) is 11.9 Å². The highest BCUT2D eigenvalue weighted by Gasteiger charge is 2.22. The molecule has 0 aromatic carbocycles. The van der Waals surface area contributed by atoms with Crippen molar-refractivity contribution in [2.24, 2.45) is 0 Å². The van der Waals surface area contributed by atoms with Crippen LogP contribution in [0.2, 0.25) is 0 Å². The largest absolute Gasteiger partial charge is 0.366 e. The van der Waals surface area contributed by atoms with Crippen molar-refractivity contribution in [2.75, 3.05) is 49.5 Å². The smallest absolute Gasteiger partial charge is 0.254 e. The van der Waals surface area contributed by atoms with E-state index in [1.54, 1.807) is 18.3 Å². The Morgan fingerprint density at radius 2 is 2.17 bits per heavy atom. The molecular formula is C14H21Cl2N5O3. The second-order valence-electron chi connectivity index (χ2n) is 5.23. The van der Waals surface area contributed by atoms with Crippen LogP contribution in [-0.4, -0.2) is 62.2 Å². The third kappa shape index (κ3) is 5.20. The Kier molecular flexibility index (Phi) is 8.20. The number of anilines is 2. The first-order valence-corrected chi connectivity index (χ1v) is 7.33. The summed E-state index contributed by atoms with van der Waals surface area (Å²) < 4.78 is 5.40. The van der Waals surface area contributed by atoms with Gasteiger partial charge in [0.2, 0.25) is 5.91 Å². The molecule has 10 heteroatoms. The number of nitrogens with zero attached hydrogens (tertiary/aromatic N) is 2. The van der Waals surface area contributed by atoms with Gasteiger partial charge in [-0.3, -0.25) is 9.59 Å². The summed E-state index contributed by atoms with van der Waals surface area (Å²) in [7, 11) is 0. The second kappa shape index (κ2) is 9.63. The maximum absolute atomic E-state index is 12.0. The van der Waals surface area contributed by atoms with Crippen LogP contribution in [-0.2, 0) is 14.3 Å². The van der Waals surface area contributed by atoms with Gasteiger partial charge in [0.25, 0.3) is 5.91 Å². The monoisotopic (exact) mass is 377 g/mol. The molecule has 3 heterocycles. The van der Waals surface area contributed by atoms with E-state index in [-0.39, 0.29) is 36.6 Å². The number of halogens is 2. The minimum Gasteiger partial charge on any atom is -0.366 e. The fraction of sp³-hybridized carbons (Fsp3) is 0.500. The highest BCUT2D eigenvalue weighted by atomic mass is 35.5. The van der Waals surface area contributed by atoms with Crippen molar-refractivity contribution in [1.82, 2.24) is 15.6 Å². The summed E-state index contributed by atoms with van der Waals surface area (Å²) in [6, 6.07) is 3.58. The van der Waals surface area contributed by atoms with E-state index in [4.69, 9.17) is 4.74 Å². The van der Waals surface area contributed by atoms with Crippen molar-refractivity contribution >= 4 is 48.1 Å². The summed E-state index contributed by atoms with van der Waals surface area (Å²) in [5.74, 6) is 0.537. The number of pyridine rings is 1. The summed E-state index contributed by atoms with van der Waals surface area (Å²) in [6.07, 6.45) is 1.12. The van der Waals surface area contributed by atoms with Crippen molar-refractivity contribution < 1.29 is 14.3 Å². The third-order valence-electron chi connectivity index (χ3n) is 3.60. The molecule has 24 heavy (non-hydrogen) atoms. The minimum absolute atomic E-state index is 0. The van der Waals surface area contributed by atoms with E-state index in [1.807, 2.05) is 4.90 Å². The van der Waals surface area contributed by atoms with Crippen LogP contribution in [0.15, 0.2) is 18.3 Å². The molecule has 2 aliphatic rings. The van der Waals surface area contributed by atoms with Crippen molar-refractivity contribution in [2.45, 2.75) is 6.10 Å². The molecule has 2 amide bonds. The number of piperazine rings is 1. The van der Waals surface area contributed by atoms with Crippen molar-refractivity contribution in [3.63, 3.8) is 0 Å². The molecule has 2 saturated heterocycles. The highest BCUT2D eigenvalue weighted by Crippen LogP contribution is 2.15. The molecule has 3 rings (SSSR count). The van der Waals surface area contributed by atoms with Gasteiger partial charge in [-0.25, -0.2) is 4.98 Å². The molecule has 134 valence electrons. The molecular weight excluding hydrogens is 357 g/mol. The van der Waals surface area contributed by atoms with Crippen LogP contribution in [0.25, 0.3) is 0 Å². The average molecular weight is 378 g/mol. The Balaban J connectivity index is 0.00000144. The molecule has 0 aliphatic carbocycles. The zero-order valence-electron chi connectivity index (χ0n) is 13.0. The van der Waals surface area contributed by atoms with Gasteiger partial charge in [0.05, 0.1) is 25.0 Å².